The van der Waals surface area contributed by atoms with Crippen molar-refractivity contribution in [3.8, 4) is 0 Å². The Labute approximate surface area is 211 Å². The minimum Gasteiger partial charge on any atom is -0.456 e. The molecule has 0 spiro atoms. The van der Waals surface area contributed by atoms with Crippen LogP contribution in [0.2, 0.25) is 0 Å². The highest BCUT2D eigenvalue weighted by molar-refractivity contribution is 5.89. The molecule has 1 N–H and O–H groups in total. The maximum Gasteiger partial charge on any atom is 0.338 e. The van der Waals surface area contributed by atoms with Crippen molar-refractivity contribution in [2.45, 2.75) is 71.6 Å². The smallest absolute Gasteiger partial charge is 0.338 e. The number of carbonyl (C=O) groups is 1. The van der Waals surface area contributed by atoms with Crippen molar-refractivity contribution in [3.63, 3.8) is 0 Å². The van der Waals surface area contributed by atoms with Gasteiger partial charge in [-0.15, -0.1) is 0 Å². The van der Waals surface area contributed by atoms with E-state index in [2.05, 4.69) is 65.7 Å². The molecule has 4 nitrogen and oxygen atoms in total. The second-order valence-corrected chi connectivity index (χ2v) is 11.3. The number of nitrogens with zero attached hydrogens (tertiary/aromatic N) is 1. The van der Waals surface area contributed by atoms with Crippen molar-refractivity contribution in [2.24, 2.45) is 11.8 Å². The first-order valence-corrected chi connectivity index (χ1v) is 13.3. The highest BCUT2D eigenvalue weighted by Crippen LogP contribution is 2.40. The lowest BCUT2D eigenvalue weighted by Gasteiger charge is -2.32. The van der Waals surface area contributed by atoms with E-state index in [1.54, 1.807) is 5.57 Å². The van der Waals surface area contributed by atoms with Crippen molar-refractivity contribution in [2.75, 3.05) is 19.6 Å². The van der Waals surface area contributed by atoms with Gasteiger partial charge < -0.3 is 10.1 Å². The molecule has 35 heavy (non-hydrogen) atoms. The molecule has 0 radical (unpaired) electrons. The molecule has 4 rings (SSSR count). The van der Waals surface area contributed by atoms with Gasteiger partial charge in [-0.1, -0.05) is 61.0 Å². The molecule has 1 saturated heterocycles. The molecule has 188 valence electrons. The van der Waals surface area contributed by atoms with E-state index >= 15 is 0 Å². The van der Waals surface area contributed by atoms with Crippen LogP contribution >= 0.6 is 0 Å². The van der Waals surface area contributed by atoms with E-state index in [4.69, 9.17) is 4.74 Å². The summed E-state index contributed by atoms with van der Waals surface area (Å²) in [5.74, 6) is 1.23. The van der Waals surface area contributed by atoms with Crippen LogP contribution < -0.4 is 5.32 Å². The predicted molar refractivity (Wildman–Crippen MR) is 144 cm³/mol. The first-order valence-electron chi connectivity index (χ1n) is 13.3. The highest BCUT2D eigenvalue weighted by Gasteiger charge is 2.39. The maximum atomic E-state index is 12.2. The van der Waals surface area contributed by atoms with Crippen LogP contribution in [-0.4, -0.2) is 42.1 Å². The zero-order valence-corrected chi connectivity index (χ0v) is 21.9. The Morgan fingerprint density at radius 2 is 1.74 bits per heavy atom. The molecule has 4 heteroatoms. The van der Waals surface area contributed by atoms with Gasteiger partial charge in [-0.05, 0) is 101 Å². The fraction of sp³-hybridized carbons (Fsp3) is 0.516. The van der Waals surface area contributed by atoms with Crippen molar-refractivity contribution in [1.29, 1.82) is 0 Å². The average Bonchev–Trinajstić information content (AvgIpc) is 3.61. The van der Waals surface area contributed by atoms with Crippen LogP contribution in [0.3, 0.4) is 0 Å². The summed E-state index contributed by atoms with van der Waals surface area (Å²) in [4.78, 5) is 14.8. The normalized spacial score (nSPS) is 21.7. The second kappa shape index (κ2) is 11.5. The molecule has 0 amide bonds. The summed E-state index contributed by atoms with van der Waals surface area (Å²) in [5, 5.41) is 3.87. The third-order valence-corrected chi connectivity index (χ3v) is 7.20. The SMILES string of the molecule is CCC(=Cc1ccccc1)C1C[C@@H]1NCC1CCN(Cc2ccc(C(=O)OC(C)(C)C)cc2)CC1. The molecular formula is C31H42N2O2. The van der Waals surface area contributed by atoms with Crippen LogP contribution in [0.5, 0.6) is 0 Å². The molecule has 2 aliphatic rings. The highest BCUT2D eigenvalue weighted by atomic mass is 16.6. The molecule has 2 atom stereocenters. The minimum absolute atomic E-state index is 0.253. The molecule has 1 unspecified atom stereocenters. The third-order valence-electron chi connectivity index (χ3n) is 7.20. The Balaban J connectivity index is 1.17. The van der Waals surface area contributed by atoms with Crippen molar-refractivity contribution in [1.82, 2.24) is 10.2 Å². The summed E-state index contributed by atoms with van der Waals surface area (Å²) < 4.78 is 5.46. The van der Waals surface area contributed by atoms with Crippen LogP contribution in [0.25, 0.3) is 6.08 Å². The van der Waals surface area contributed by atoms with E-state index in [0.717, 1.165) is 38.5 Å². The molecule has 2 aromatic carbocycles. The average molecular weight is 475 g/mol. The van der Waals surface area contributed by atoms with E-state index in [-0.39, 0.29) is 5.97 Å². The lowest BCUT2D eigenvalue weighted by Crippen LogP contribution is -2.37. The first kappa shape index (κ1) is 25.7. The summed E-state index contributed by atoms with van der Waals surface area (Å²) in [7, 11) is 0. The first-order chi connectivity index (χ1) is 16.8. The van der Waals surface area contributed by atoms with Crippen LogP contribution in [-0.2, 0) is 11.3 Å². The molecule has 2 fully saturated rings. The van der Waals surface area contributed by atoms with Gasteiger partial charge in [0.05, 0.1) is 5.56 Å². The summed E-state index contributed by atoms with van der Waals surface area (Å²) in [6.45, 7) is 12.3. The number of piperidine rings is 1. The largest absolute Gasteiger partial charge is 0.456 e. The Kier molecular flexibility index (Phi) is 8.46. The molecule has 2 aromatic rings. The van der Waals surface area contributed by atoms with Crippen molar-refractivity contribution in [3.05, 3.63) is 76.9 Å². The number of benzene rings is 2. The molecular weight excluding hydrogens is 432 g/mol. The lowest BCUT2D eigenvalue weighted by atomic mass is 9.96. The summed E-state index contributed by atoms with van der Waals surface area (Å²) in [6, 6.07) is 19.3. The lowest BCUT2D eigenvalue weighted by molar-refractivity contribution is 0.00695. The molecule has 0 bridgehead atoms. The Morgan fingerprint density at radius 3 is 2.37 bits per heavy atom. The number of carbonyl (C=O) groups excluding carboxylic acids is 1. The fourth-order valence-corrected chi connectivity index (χ4v) is 5.07. The molecule has 1 heterocycles. The quantitative estimate of drug-likeness (QED) is 0.432. The van der Waals surface area contributed by atoms with Gasteiger partial charge >= 0.3 is 5.97 Å². The number of hydrogen-bond donors (Lipinski definition) is 1. The van der Waals surface area contributed by atoms with E-state index in [0.29, 0.717) is 17.5 Å². The second-order valence-electron chi connectivity index (χ2n) is 11.3. The van der Waals surface area contributed by atoms with Gasteiger partial charge in [0, 0.05) is 12.6 Å². The van der Waals surface area contributed by atoms with E-state index in [1.165, 1.54) is 30.4 Å². The number of nitrogens with one attached hydrogen (secondary N) is 1. The molecule has 1 aliphatic carbocycles. The number of hydrogen-bond acceptors (Lipinski definition) is 4. The summed E-state index contributed by atoms with van der Waals surface area (Å²) in [5.41, 5.74) is 4.32. The monoisotopic (exact) mass is 474 g/mol. The maximum absolute atomic E-state index is 12.2. The van der Waals surface area contributed by atoms with Crippen molar-refractivity contribution >= 4 is 12.0 Å². The van der Waals surface area contributed by atoms with Gasteiger partial charge in [0.25, 0.3) is 0 Å². The number of rotatable bonds is 9. The van der Waals surface area contributed by atoms with E-state index in [9.17, 15) is 4.79 Å². The van der Waals surface area contributed by atoms with E-state index in [1.807, 2.05) is 32.9 Å². The number of likely N-dealkylation sites (tertiary alicyclic amines) is 1. The third kappa shape index (κ3) is 7.78. The van der Waals surface area contributed by atoms with Crippen LogP contribution in [0.4, 0.5) is 0 Å². The fourth-order valence-electron chi connectivity index (χ4n) is 5.07. The molecule has 0 aromatic heterocycles. The van der Waals surface area contributed by atoms with Gasteiger partial charge in [-0.3, -0.25) is 4.90 Å². The van der Waals surface area contributed by atoms with Crippen LogP contribution in [0, 0.1) is 11.8 Å². The Hall–Kier alpha value is -2.43. The van der Waals surface area contributed by atoms with Gasteiger partial charge in [0.2, 0.25) is 0 Å². The molecule has 1 saturated carbocycles. The Morgan fingerprint density at radius 1 is 1.06 bits per heavy atom. The minimum atomic E-state index is -0.466. The van der Waals surface area contributed by atoms with Crippen LogP contribution in [0.15, 0.2) is 60.2 Å². The van der Waals surface area contributed by atoms with Gasteiger partial charge in [0.15, 0.2) is 0 Å². The van der Waals surface area contributed by atoms with Gasteiger partial charge in [-0.2, -0.15) is 0 Å². The zero-order chi connectivity index (χ0) is 24.8. The predicted octanol–water partition coefficient (Wildman–Crippen LogP) is 6.33. The number of esters is 1. The van der Waals surface area contributed by atoms with Gasteiger partial charge in [-0.25, -0.2) is 4.79 Å². The topological polar surface area (TPSA) is 41.6 Å². The number of ether oxygens (including phenoxy) is 1. The van der Waals surface area contributed by atoms with E-state index < -0.39 is 5.60 Å². The summed E-state index contributed by atoms with van der Waals surface area (Å²) in [6.07, 6.45) is 7.31. The summed E-state index contributed by atoms with van der Waals surface area (Å²) >= 11 is 0. The van der Waals surface area contributed by atoms with Crippen molar-refractivity contribution < 1.29 is 9.53 Å². The van der Waals surface area contributed by atoms with Gasteiger partial charge in [0.1, 0.15) is 5.60 Å². The zero-order valence-electron chi connectivity index (χ0n) is 21.9. The Bertz CT molecular complexity index is 983. The standard InChI is InChI=1S/C31H42N2O2/c1-5-26(19-23-9-7-6-8-10-23)28-20-29(28)32-21-24-15-17-33(18-16-24)22-25-11-13-27(14-12-25)30(34)35-31(2,3)4/h6-14,19,24,28-29,32H,5,15-18,20-22H2,1-4H3/t28?,29-/m0/s1. The molecule has 1 aliphatic heterocycles. The van der Waals surface area contributed by atoms with Crippen LogP contribution in [0.1, 0.15) is 74.9 Å².